The number of aliphatic hydroxyl groups is 1. The van der Waals surface area contributed by atoms with Crippen molar-refractivity contribution in [2.45, 2.75) is 103 Å². The molecular formula is C31H40O8. The van der Waals surface area contributed by atoms with Crippen molar-refractivity contribution in [3.63, 3.8) is 0 Å². The van der Waals surface area contributed by atoms with Gasteiger partial charge in [0.15, 0.2) is 0 Å². The smallest absolute Gasteiger partial charge is 0.309 e. The molecule has 0 aromatic carbocycles. The van der Waals surface area contributed by atoms with Gasteiger partial charge in [-0.2, -0.15) is 0 Å². The highest BCUT2D eigenvalue weighted by atomic mass is 16.6. The van der Waals surface area contributed by atoms with Gasteiger partial charge in [0.05, 0.1) is 35.1 Å². The molecule has 0 aromatic heterocycles. The van der Waals surface area contributed by atoms with Crippen molar-refractivity contribution in [3.8, 4) is 0 Å². The Morgan fingerprint density at radius 2 is 1.74 bits per heavy atom. The van der Waals surface area contributed by atoms with Crippen LogP contribution < -0.4 is 0 Å². The predicted molar refractivity (Wildman–Crippen MR) is 136 cm³/mol. The molecule has 16 unspecified atom stereocenters. The SMILES string of the molecule is CC(=O)OC1CC(C)(O)C2C(=C(C)C3C2C2CC4OC5(C)CCC6C(C)C(=O)OC6C43C25)C2OC(=O)C(C)C12. The summed E-state index contributed by atoms with van der Waals surface area (Å²) in [4.78, 5) is 38.2. The molecule has 0 spiro atoms. The lowest BCUT2D eigenvalue weighted by Gasteiger charge is -2.48. The number of hydrogen-bond acceptors (Lipinski definition) is 8. The number of carbonyl (C=O) groups is 3. The molecule has 4 saturated carbocycles. The molecule has 7 fully saturated rings. The summed E-state index contributed by atoms with van der Waals surface area (Å²) in [7, 11) is 0. The zero-order valence-corrected chi connectivity index (χ0v) is 23.6. The van der Waals surface area contributed by atoms with Crippen molar-refractivity contribution in [1.82, 2.24) is 0 Å². The first-order valence-electron chi connectivity index (χ1n) is 15.0. The predicted octanol–water partition coefficient (Wildman–Crippen LogP) is 3.19. The number of hydrogen-bond donors (Lipinski definition) is 1. The molecule has 3 saturated heterocycles. The van der Waals surface area contributed by atoms with Gasteiger partial charge in [0, 0.05) is 36.5 Å². The molecule has 5 bridgehead atoms. The molecule has 39 heavy (non-hydrogen) atoms. The quantitative estimate of drug-likeness (QED) is 0.307. The standard InChI is InChI=1S/C31H40O8/c1-11-15-7-8-30(6)25-16-9-18(39-30)31(25,26(15)38-27(11)33)22-12(2)20-23(21(16)22)29(5,35)10-17(36-14(4)32)19-13(3)28(34)37-24(19)20/h11,13,15-19,21-26,35H,7-10H2,1-6H3. The maximum Gasteiger partial charge on any atom is 0.309 e. The Balaban J connectivity index is 1.33. The number of esters is 3. The van der Waals surface area contributed by atoms with E-state index in [9.17, 15) is 19.5 Å². The number of rotatable bonds is 1. The number of carbonyl (C=O) groups excluding carboxylic acids is 3. The molecule has 3 aliphatic heterocycles. The van der Waals surface area contributed by atoms with E-state index in [4.69, 9.17) is 18.9 Å². The zero-order chi connectivity index (χ0) is 27.5. The fourth-order valence-corrected chi connectivity index (χ4v) is 12.3. The third-order valence-corrected chi connectivity index (χ3v) is 13.1. The van der Waals surface area contributed by atoms with Crippen LogP contribution in [0.15, 0.2) is 11.1 Å². The molecule has 16 atom stereocenters. The first-order chi connectivity index (χ1) is 18.3. The van der Waals surface area contributed by atoms with Crippen LogP contribution in [0, 0.1) is 58.7 Å². The summed E-state index contributed by atoms with van der Waals surface area (Å²) in [6.45, 7) is 11.6. The average Bonchev–Trinajstić information content (AvgIpc) is 3.59. The van der Waals surface area contributed by atoms with Gasteiger partial charge in [-0.15, -0.1) is 0 Å². The van der Waals surface area contributed by atoms with Gasteiger partial charge in [0.2, 0.25) is 0 Å². The molecule has 8 rings (SSSR count). The molecule has 0 amide bonds. The van der Waals surface area contributed by atoms with Crippen molar-refractivity contribution in [2.75, 3.05) is 0 Å². The molecule has 212 valence electrons. The van der Waals surface area contributed by atoms with Gasteiger partial charge < -0.3 is 24.1 Å². The van der Waals surface area contributed by atoms with Crippen LogP contribution >= 0.6 is 0 Å². The minimum Gasteiger partial charge on any atom is -0.462 e. The van der Waals surface area contributed by atoms with E-state index in [0.29, 0.717) is 5.92 Å². The zero-order valence-electron chi connectivity index (χ0n) is 23.6. The van der Waals surface area contributed by atoms with Gasteiger partial charge >= 0.3 is 17.9 Å². The molecule has 0 aromatic rings. The molecule has 8 heteroatoms. The summed E-state index contributed by atoms with van der Waals surface area (Å²) in [5, 5.41) is 12.3. The Morgan fingerprint density at radius 3 is 2.46 bits per heavy atom. The second-order valence-electron chi connectivity index (χ2n) is 14.7. The minimum atomic E-state index is -1.15. The normalized spacial score (nSPS) is 59.7. The van der Waals surface area contributed by atoms with Crippen LogP contribution in [0.4, 0.5) is 0 Å². The van der Waals surface area contributed by atoms with E-state index in [-0.39, 0.29) is 83.0 Å². The van der Waals surface area contributed by atoms with Crippen LogP contribution in [0.25, 0.3) is 0 Å². The van der Waals surface area contributed by atoms with Gasteiger partial charge in [-0.05, 0) is 63.4 Å². The summed E-state index contributed by atoms with van der Waals surface area (Å²) >= 11 is 0. The number of fused-ring (bicyclic) bond motifs is 7. The Bertz CT molecular complexity index is 1240. The van der Waals surface area contributed by atoms with Crippen molar-refractivity contribution < 1.29 is 38.4 Å². The highest BCUT2D eigenvalue weighted by Gasteiger charge is 2.85. The molecule has 5 aliphatic carbocycles. The van der Waals surface area contributed by atoms with Crippen LogP contribution in [0.1, 0.15) is 67.2 Å². The summed E-state index contributed by atoms with van der Waals surface area (Å²) in [5.41, 5.74) is 0.439. The third kappa shape index (κ3) is 2.63. The van der Waals surface area contributed by atoms with Gasteiger partial charge in [0.25, 0.3) is 0 Å². The lowest BCUT2D eigenvalue weighted by Crippen LogP contribution is -2.53. The van der Waals surface area contributed by atoms with E-state index in [1.54, 1.807) is 0 Å². The van der Waals surface area contributed by atoms with Crippen LogP contribution in [0.2, 0.25) is 0 Å². The Kier molecular flexibility index (Phi) is 4.63. The molecule has 8 nitrogen and oxygen atoms in total. The van der Waals surface area contributed by atoms with E-state index in [2.05, 4.69) is 13.8 Å². The van der Waals surface area contributed by atoms with Crippen molar-refractivity contribution in [3.05, 3.63) is 11.1 Å². The molecule has 0 radical (unpaired) electrons. The van der Waals surface area contributed by atoms with Crippen LogP contribution in [0.3, 0.4) is 0 Å². The Hall–Kier alpha value is -1.93. The molecular weight excluding hydrogens is 500 g/mol. The number of ether oxygens (including phenoxy) is 4. The highest BCUT2D eigenvalue weighted by molar-refractivity contribution is 5.77. The van der Waals surface area contributed by atoms with E-state index in [0.717, 1.165) is 24.8 Å². The first-order valence-corrected chi connectivity index (χ1v) is 15.0. The lowest BCUT2D eigenvalue weighted by molar-refractivity contribution is -0.167. The maximum absolute atomic E-state index is 13.0. The largest absolute Gasteiger partial charge is 0.462 e. The van der Waals surface area contributed by atoms with E-state index >= 15 is 0 Å². The lowest BCUT2D eigenvalue weighted by atomic mass is 9.59. The van der Waals surface area contributed by atoms with Gasteiger partial charge in [-0.1, -0.05) is 19.4 Å². The van der Waals surface area contributed by atoms with Crippen molar-refractivity contribution >= 4 is 17.9 Å². The summed E-state index contributed by atoms with van der Waals surface area (Å²) < 4.78 is 25.2. The highest BCUT2D eigenvalue weighted by Crippen LogP contribution is 2.82. The maximum atomic E-state index is 13.0. The number of allylic oxidation sites excluding steroid dienone is 1. The molecule has 8 aliphatic rings. The van der Waals surface area contributed by atoms with Gasteiger partial charge in [0.1, 0.15) is 18.3 Å². The van der Waals surface area contributed by atoms with E-state index in [1.807, 2.05) is 20.8 Å². The van der Waals surface area contributed by atoms with E-state index < -0.39 is 29.7 Å². The second-order valence-corrected chi connectivity index (χ2v) is 14.7. The Labute approximate surface area is 229 Å². The minimum absolute atomic E-state index is 0.0159. The second kappa shape index (κ2) is 7.28. The fraction of sp³-hybridized carbons (Fsp3) is 0.839. The summed E-state index contributed by atoms with van der Waals surface area (Å²) in [6.07, 6.45) is 1.68. The summed E-state index contributed by atoms with van der Waals surface area (Å²) in [6, 6.07) is 0. The molecule has 1 N–H and O–H groups in total. The van der Waals surface area contributed by atoms with Crippen molar-refractivity contribution in [2.24, 2.45) is 58.7 Å². The monoisotopic (exact) mass is 540 g/mol. The topological polar surface area (TPSA) is 108 Å². The van der Waals surface area contributed by atoms with Gasteiger partial charge in [-0.25, -0.2) is 0 Å². The van der Waals surface area contributed by atoms with Crippen LogP contribution in [0.5, 0.6) is 0 Å². The third-order valence-electron chi connectivity index (χ3n) is 13.1. The van der Waals surface area contributed by atoms with Crippen LogP contribution in [-0.2, 0) is 33.3 Å². The fourth-order valence-electron chi connectivity index (χ4n) is 12.3. The summed E-state index contributed by atoms with van der Waals surface area (Å²) in [5.74, 6) is -0.961. The van der Waals surface area contributed by atoms with Gasteiger partial charge in [-0.3, -0.25) is 14.4 Å². The Morgan fingerprint density at radius 1 is 1.03 bits per heavy atom. The van der Waals surface area contributed by atoms with Crippen molar-refractivity contribution in [1.29, 1.82) is 0 Å². The van der Waals surface area contributed by atoms with Crippen LogP contribution in [-0.4, -0.2) is 58.6 Å². The molecule has 3 heterocycles. The first kappa shape index (κ1) is 24.8. The van der Waals surface area contributed by atoms with E-state index in [1.165, 1.54) is 12.5 Å². The average molecular weight is 541 g/mol.